The highest BCUT2D eigenvalue weighted by molar-refractivity contribution is 5.90. The molecule has 0 bridgehead atoms. The van der Waals surface area contributed by atoms with Gasteiger partial charge in [-0.1, -0.05) is 0 Å². The summed E-state index contributed by atoms with van der Waals surface area (Å²) in [5.41, 5.74) is 0.647. The van der Waals surface area contributed by atoms with Gasteiger partial charge in [0.15, 0.2) is 5.65 Å². The molecule has 3 rings (SSSR count). The number of nitrogens with one attached hydrogen (secondary N) is 1. The molecule has 1 fully saturated rings. The Kier molecular flexibility index (Phi) is 4.71. The van der Waals surface area contributed by atoms with Gasteiger partial charge in [-0.05, 0) is 26.2 Å². The summed E-state index contributed by atoms with van der Waals surface area (Å²) in [5, 5.41) is 17.2. The van der Waals surface area contributed by atoms with Crippen LogP contribution in [0.3, 0.4) is 0 Å². The van der Waals surface area contributed by atoms with Crippen molar-refractivity contribution in [1.82, 2.24) is 24.6 Å². The maximum atomic E-state index is 12.5. The van der Waals surface area contributed by atoms with Gasteiger partial charge >= 0.3 is 0 Å². The average molecular weight is 318 g/mol. The number of aromatic nitrogens is 4. The lowest BCUT2D eigenvalue weighted by atomic mass is 10.1. The molecule has 2 N–H and O–H groups in total. The summed E-state index contributed by atoms with van der Waals surface area (Å²) in [4.78, 5) is 22.9. The molecule has 124 valence electrons. The van der Waals surface area contributed by atoms with E-state index in [0.717, 1.165) is 31.3 Å². The molecule has 2 aromatic heterocycles. The first-order valence-electron chi connectivity index (χ1n) is 8.03. The fraction of sp³-hybridized carbons (Fsp3) is 0.600. The molecule has 0 aliphatic carbocycles. The molecule has 23 heavy (non-hydrogen) atoms. The molecule has 8 nitrogen and oxygen atoms in total. The van der Waals surface area contributed by atoms with E-state index < -0.39 is 0 Å². The van der Waals surface area contributed by atoms with Gasteiger partial charge in [0.1, 0.15) is 18.2 Å². The van der Waals surface area contributed by atoms with E-state index in [1.807, 2.05) is 11.8 Å². The van der Waals surface area contributed by atoms with Crippen LogP contribution in [-0.2, 0) is 11.3 Å². The molecule has 1 amide bonds. The number of carbonyl (C=O) groups excluding carboxylic acids is 1. The van der Waals surface area contributed by atoms with Gasteiger partial charge in [0, 0.05) is 13.1 Å². The number of rotatable bonds is 5. The number of hydrogen-bond donors (Lipinski definition) is 2. The van der Waals surface area contributed by atoms with Gasteiger partial charge in [0.25, 0.3) is 0 Å². The van der Waals surface area contributed by atoms with Crippen LogP contribution in [0.25, 0.3) is 11.0 Å². The average Bonchev–Trinajstić information content (AvgIpc) is 2.99. The Balaban J connectivity index is 1.76. The van der Waals surface area contributed by atoms with Crippen LogP contribution in [0.4, 0.5) is 5.82 Å². The Bertz CT molecular complexity index is 680. The van der Waals surface area contributed by atoms with E-state index in [4.69, 9.17) is 5.11 Å². The van der Waals surface area contributed by atoms with E-state index in [9.17, 15) is 4.79 Å². The second-order valence-electron chi connectivity index (χ2n) is 5.80. The van der Waals surface area contributed by atoms with E-state index >= 15 is 0 Å². The van der Waals surface area contributed by atoms with Crippen molar-refractivity contribution in [3.05, 3.63) is 12.5 Å². The predicted molar refractivity (Wildman–Crippen MR) is 85.9 cm³/mol. The van der Waals surface area contributed by atoms with Crippen molar-refractivity contribution in [2.24, 2.45) is 0 Å². The van der Waals surface area contributed by atoms with Gasteiger partial charge in [-0.25, -0.2) is 14.6 Å². The van der Waals surface area contributed by atoms with Gasteiger partial charge in [0.05, 0.1) is 24.7 Å². The summed E-state index contributed by atoms with van der Waals surface area (Å²) < 4.78 is 1.62. The Morgan fingerprint density at radius 1 is 1.35 bits per heavy atom. The maximum absolute atomic E-state index is 12.5. The lowest BCUT2D eigenvalue weighted by Crippen LogP contribution is -2.44. The molecule has 2 aromatic rings. The number of piperidine rings is 1. The number of hydrogen-bond acceptors (Lipinski definition) is 6. The third-order valence-corrected chi connectivity index (χ3v) is 4.14. The van der Waals surface area contributed by atoms with E-state index in [-0.39, 0.29) is 18.6 Å². The minimum absolute atomic E-state index is 0.00655. The summed E-state index contributed by atoms with van der Waals surface area (Å²) in [6.07, 6.45) is 6.44. The molecule has 1 atom stereocenters. The summed E-state index contributed by atoms with van der Waals surface area (Å²) in [6, 6.07) is -0.354. The molecular weight excluding hydrogens is 296 g/mol. The fourth-order valence-electron chi connectivity index (χ4n) is 2.92. The van der Waals surface area contributed by atoms with E-state index in [1.165, 1.54) is 12.7 Å². The van der Waals surface area contributed by atoms with Crippen molar-refractivity contribution >= 4 is 22.8 Å². The molecule has 0 spiro atoms. The lowest BCUT2D eigenvalue weighted by molar-refractivity contribution is -0.132. The number of carbonyl (C=O) groups is 1. The third-order valence-electron chi connectivity index (χ3n) is 4.14. The van der Waals surface area contributed by atoms with Gasteiger partial charge < -0.3 is 15.3 Å². The molecule has 3 heterocycles. The zero-order valence-corrected chi connectivity index (χ0v) is 13.3. The van der Waals surface area contributed by atoms with Crippen LogP contribution < -0.4 is 5.32 Å². The number of aliphatic hydroxyl groups excluding tert-OH is 1. The lowest BCUT2D eigenvalue weighted by Gasteiger charge is -2.29. The van der Waals surface area contributed by atoms with E-state index in [0.29, 0.717) is 18.0 Å². The second kappa shape index (κ2) is 6.91. The van der Waals surface area contributed by atoms with Crippen LogP contribution in [0, 0.1) is 0 Å². The van der Waals surface area contributed by atoms with Gasteiger partial charge in [-0.3, -0.25) is 4.79 Å². The Hall–Kier alpha value is -2.22. The summed E-state index contributed by atoms with van der Waals surface area (Å²) in [5.74, 6) is 0.691. The Morgan fingerprint density at radius 2 is 2.13 bits per heavy atom. The quantitative estimate of drug-likeness (QED) is 0.839. The number of aliphatic hydroxyl groups is 1. The predicted octanol–water partition coefficient (Wildman–Crippen LogP) is 0.631. The Morgan fingerprint density at radius 3 is 2.87 bits per heavy atom. The minimum Gasteiger partial charge on any atom is -0.394 e. The van der Waals surface area contributed by atoms with Crippen molar-refractivity contribution < 1.29 is 9.90 Å². The first-order valence-corrected chi connectivity index (χ1v) is 8.03. The number of nitrogens with zero attached hydrogens (tertiary/aromatic N) is 5. The molecule has 0 saturated carbocycles. The first kappa shape index (κ1) is 15.7. The highest BCUT2D eigenvalue weighted by atomic mass is 16.3. The van der Waals surface area contributed by atoms with Crippen LogP contribution in [-0.4, -0.2) is 61.4 Å². The smallest absolute Gasteiger partial charge is 0.244 e. The number of fused-ring (bicyclic) bond motifs is 1. The molecule has 0 aromatic carbocycles. The SMILES string of the molecule is C[C@H](Nc1ncnc2c1cnn2CCO)C(=O)N1CCCCC1. The van der Waals surface area contributed by atoms with Crippen molar-refractivity contribution in [2.45, 2.75) is 38.8 Å². The largest absolute Gasteiger partial charge is 0.394 e. The standard InChI is InChI=1S/C15H22N6O2/c1-11(15(23)20-5-3-2-4-6-20)19-13-12-9-18-21(7-8-22)14(12)17-10-16-13/h9-11,22H,2-8H2,1H3,(H,16,17,19)/t11-/m0/s1. The van der Waals surface area contributed by atoms with Crippen LogP contribution in [0.5, 0.6) is 0 Å². The van der Waals surface area contributed by atoms with E-state index in [1.54, 1.807) is 10.9 Å². The van der Waals surface area contributed by atoms with E-state index in [2.05, 4.69) is 20.4 Å². The molecular formula is C15H22N6O2. The number of likely N-dealkylation sites (tertiary alicyclic amines) is 1. The molecule has 1 aliphatic rings. The maximum Gasteiger partial charge on any atom is 0.244 e. The molecule has 0 radical (unpaired) electrons. The van der Waals surface area contributed by atoms with Crippen LogP contribution in [0.2, 0.25) is 0 Å². The molecule has 1 saturated heterocycles. The normalized spacial score (nSPS) is 16.5. The highest BCUT2D eigenvalue weighted by Gasteiger charge is 2.23. The van der Waals surface area contributed by atoms with Gasteiger partial charge in [0.2, 0.25) is 5.91 Å². The van der Waals surface area contributed by atoms with Gasteiger partial charge in [-0.15, -0.1) is 0 Å². The Labute approximate surface area is 134 Å². The van der Waals surface area contributed by atoms with Gasteiger partial charge in [-0.2, -0.15) is 5.10 Å². The molecule has 1 aliphatic heterocycles. The van der Waals surface area contributed by atoms with Crippen LogP contribution >= 0.6 is 0 Å². The second-order valence-corrected chi connectivity index (χ2v) is 5.80. The minimum atomic E-state index is -0.354. The monoisotopic (exact) mass is 318 g/mol. The third kappa shape index (κ3) is 3.26. The van der Waals surface area contributed by atoms with Crippen molar-refractivity contribution in [2.75, 3.05) is 25.0 Å². The number of amides is 1. The summed E-state index contributed by atoms with van der Waals surface area (Å²) in [6.45, 7) is 3.88. The van der Waals surface area contributed by atoms with Crippen LogP contribution in [0.15, 0.2) is 12.5 Å². The summed E-state index contributed by atoms with van der Waals surface area (Å²) in [7, 11) is 0. The van der Waals surface area contributed by atoms with Crippen molar-refractivity contribution in [3.8, 4) is 0 Å². The topological polar surface area (TPSA) is 96.2 Å². The summed E-state index contributed by atoms with van der Waals surface area (Å²) >= 11 is 0. The zero-order valence-electron chi connectivity index (χ0n) is 13.3. The van der Waals surface area contributed by atoms with Crippen LogP contribution in [0.1, 0.15) is 26.2 Å². The zero-order chi connectivity index (χ0) is 16.2. The first-order chi connectivity index (χ1) is 11.2. The fourth-order valence-corrected chi connectivity index (χ4v) is 2.92. The molecule has 8 heteroatoms. The van der Waals surface area contributed by atoms with Crippen molar-refractivity contribution in [3.63, 3.8) is 0 Å². The molecule has 0 unspecified atom stereocenters. The highest BCUT2D eigenvalue weighted by Crippen LogP contribution is 2.20. The number of anilines is 1. The van der Waals surface area contributed by atoms with Crippen molar-refractivity contribution in [1.29, 1.82) is 0 Å².